The summed E-state index contributed by atoms with van der Waals surface area (Å²) in [5.41, 5.74) is 0. The van der Waals surface area contributed by atoms with Crippen molar-refractivity contribution in [1.82, 2.24) is 10.0 Å². The fourth-order valence-electron chi connectivity index (χ4n) is 1.46. The minimum atomic E-state index is -3.61. The molecule has 1 aromatic carbocycles. The molecule has 6 nitrogen and oxygen atoms in total. The number of benzene rings is 1. The largest absolute Gasteiger partial charge is 0.355 e. The van der Waals surface area contributed by atoms with Crippen molar-refractivity contribution in [2.24, 2.45) is 0 Å². The van der Waals surface area contributed by atoms with E-state index >= 15 is 0 Å². The van der Waals surface area contributed by atoms with E-state index in [-0.39, 0.29) is 42.5 Å². The number of Topliss-reactive ketones (excluding diaryl/α,β-unsaturated/α-hetero) is 1. The number of sulfonamides is 1. The van der Waals surface area contributed by atoms with Crippen LogP contribution in [-0.4, -0.2) is 33.2 Å². The van der Waals surface area contributed by atoms with Gasteiger partial charge in [-0.15, -0.1) is 0 Å². The summed E-state index contributed by atoms with van der Waals surface area (Å²) in [6.07, 6.45) is 0.293. The Labute approximate surface area is 128 Å². The van der Waals surface area contributed by atoms with E-state index in [1.807, 2.05) is 0 Å². The summed E-state index contributed by atoms with van der Waals surface area (Å²) in [4.78, 5) is 22.1. The van der Waals surface area contributed by atoms with Gasteiger partial charge in [0.15, 0.2) is 0 Å². The van der Waals surface area contributed by atoms with Crippen molar-refractivity contribution in [3.63, 3.8) is 0 Å². The van der Waals surface area contributed by atoms with Crippen LogP contribution in [-0.2, 0) is 19.6 Å². The third-order valence-corrected chi connectivity index (χ3v) is 4.30. The molecule has 0 atom stereocenters. The van der Waals surface area contributed by atoms with Crippen molar-refractivity contribution in [1.29, 1.82) is 0 Å². The number of hydrogen-bond acceptors (Lipinski definition) is 4. The molecular formula is C13H17ClN2O4S. The highest BCUT2D eigenvalue weighted by molar-refractivity contribution is 7.89. The minimum absolute atomic E-state index is 0.0615. The molecule has 0 bridgehead atoms. The number of amides is 1. The maximum atomic E-state index is 11.9. The van der Waals surface area contributed by atoms with Gasteiger partial charge in [-0.2, -0.15) is 0 Å². The van der Waals surface area contributed by atoms with E-state index in [0.717, 1.165) is 0 Å². The molecule has 0 fully saturated rings. The summed E-state index contributed by atoms with van der Waals surface area (Å²) in [6, 6.07) is 5.77. The predicted octanol–water partition coefficient (Wildman–Crippen LogP) is 1.10. The minimum Gasteiger partial charge on any atom is -0.355 e. The van der Waals surface area contributed by atoms with Gasteiger partial charge in [-0.25, -0.2) is 13.1 Å². The zero-order valence-electron chi connectivity index (χ0n) is 11.6. The van der Waals surface area contributed by atoms with Crippen molar-refractivity contribution in [3.8, 4) is 0 Å². The number of rotatable bonds is 8. The number of ketones is 1. The molecule has 0 heterocycles. The molecule has 0 saturated carbocycles. The third-order valence-electron chi connectivity index (χ3n) is 2.57. The van der Waals surface area contributed by atoms with Gasteiger partial charge >= 0.3 is 0 Å². The Hall–Kier alpha value is -1.44. The zero-order valence-corrected chi connectivity index (χ0v) is 13.1. The smallest absolute Gasteiger partial charge is 0.240 e. The van der Waals surface area contributed by atoms with Crippen LogP contribution in [0, 0.1) is 0 Å². The molecule has 1 aromatic rings. The molecule has 21 heavy (non-hydrogen) atoms. The molecule has 0 aromatic heterocycles. The Morgan fingerprint density at radius 2 is 1.71 bits per heavy atom. The van der Waals surface area contributed by atoms with Crippen molar-refractivity contribution in [2.45, 2.75) is 24.7 Å². The lowest BCUT2D eigenvalue weighted by atomic mass is 10.2. The van der Waals surface area contributed by atoms with Gasteiger partial charge in [0.1, 0.15) is 5.78 Å². The van der Waals surface area contributed by atoms with Gasteiger partial charge in [-0.3, -0.25) is 4.79 Å². The molecule has 0 unspecified atom stereocenters. The second-order valence-electron chi connectivity index (χ2n) is 4.40. The van der Waals surface area contributed by atoms with Crippen LogP contribution in [0.2, 0.25) is 5.02 Å². The summed E-state index contributed by atoms with van der Waals surface area (Å²) in [6.45, 7) is 1.63. The van der Waals surface area contributed by atoms with Crippen LogP contribution >= 0.6 is 11.6 Å². The Morgan fingerprint density at radius 1 is 1.10 bits per heavy atom. The standard InChI is InChI=1S/C13H17ClN2O4S/c1-10(17)2-7-13(18)15-8-9-16-21(19,20)12-5-3-11(14)4-6-12/h3-6,16H,2,7-9H2,1H3,(H,15,18). The van der Waals surface area contributed by atoms with Crippen molar-refractivity contribution < 1.29 is 18.0 Å². The number of hydrogen-bond donors (Lipinski definition) is 2. The first-order valence-corrected chi connectivity index (χ1v) is 8.19. The van der Waals surface area contributed by atoms with Gasteiger partial charge in [0.05, 0.1) is 4.90 Å². The highest BCUT2D eigenvalue weighted by atomic mass is 35.5. The van der Waals surface area contributed by atoms with Gasteiger partial charge in [0.2, 0.25) is 15.9 Å². The quantitative estimate of drug-likeness (QED) is 0.697. The monoisotopic (exact) mass is 332 g/mol. The van der Waals surface area contributed by atoms with Crippen LogP contribution < -0.4 is 10.0 Å². The number of halogens is 1. The van der Waals surface area contributed by atoms with E-state index in [1.165, 1.54) is 31.2 Å². The van der Waals surface area contributed by atoms with E-state index in [2.05, 4.69) is 10.0 Å². The summed E-state index contributed by atoms with van der Waals surface area (Å²) in [7, 11) is -3.61. The molecule has 1 amide bonds. The lowest BCUT2D eigenvalue weighted by Gasteiger charge is -2.08. The maximum absolute atomic E-state index is 11.9. The molecule has 8 heteroatoms. The third kappa shape index (κ3) is 6.70. The highest BCUT2D eigenvalue weighted by Crippen LogP contribution is 2.13. The van der Waals surface area contributed by atoms with Crippen LogP contribution in [0.4, 0.5) is 0 Å². The molecule has 2 N–H and O–H groups in total. The lowest BCUT2D eigenvalue weighted by Crippen LogP contribution is -2.34. The molecule has 116 valence electrons. The van der Waals surface area contributed by atoms with Crippen LogP contribution in [0.5, 0.6) is 0 Å². The SMILES string of the molecule is CC(=O)CCC(=O)NCCNS(=O)(=O)c1ccc(Cl)cc1. The summed E-state index contributed by atoms with van der Waals surface area (Å²) in [5, 5.41) is 2.98. The molecule has 0 spiro atoms. The fourth-order valence-corrected chi connectivity index (χ4v) is 2.62. The predicted molar refractivity (Wildman–Crippen MR) is 79.6 cm³/mol. The molecular weight excluding hydrogens is 316 g/mol. The average Bonchev–Trinajstić information content (AvgIpc) is 2.42. The Balaban J connectivity index is 2.36. The number of carbonyl (C=O) groups excluding carboxylic acids is 2. The van der Waals surface area contributed by atoms with E-state index in [4.69, 9.17) is 11.6 Å². The van der Waals surface area contributed by atoms with Gasteiger partial charge in [0, 0.05) is 31.0 Å². The summed E-state index contributed by atoms with van der Waals surface area (Å²) >= 11 is 5.69. The number of carbonyl (C=O) groups is 2. The Bertz CT molecular complexity index is 599. The number of nitrogens with one attached hydrogen (secondary N) is 2. The summed E-state index contributed by atoms with van der Waals surface area (Å²) in [5.74, 6) is -0.343. The van der Waals surface area contributed by atoms with Crippen molar-refractivity contribution in [2.75, 3.05) is 13.1 Å². The molecule has 0 aliphatic rings. The first kappa shape index (κ1) is 17.6. The van der Waals surface area contributed by atoms with Crippen LogP contribution in [0.3, 0.4) is 0 Å². The molecule has 0 radical (unpaired) electrons. The van der Waals surface area contributed by atoms with Crippen molar-refractivity contribution in [3.05, 3.63) is 29.3 Å². The van der Waals surface area contributed by atoms with Crippen LogP contribution in [0.25, 0.3) is 0 Å². The second-order valence-corrected chi connectivity index (χ2v) is 6.61. The van der Waals surface area contributed by atoms with E-state index in [9.17, 15) is 18.0 Å². The van der Waals surface area contributed by atoms with Crippen LogP contribution in [0.15, 0.2) is 29.2 Å². The Morgan fingerprint density at radius 3 is 2.29 bits per heavy atom. The van der Waals surface area contributed by atoms with Gasteiger partial charge in [0.25, 0.3) is 0 Å². The molecule has 0 saturated heterocycles. The van der Waals surface area contributed by atoms with Crippen LogP contribution in [0.1, 0.15) is 19.8 Å². The summed E-state index contributed by atoms with van der Waals surface area (Å²) < 4.78 is 26.1. The first-order chi connectivity index (χ1) is 9.81. The molecule has 1 rings (SSSR count). The Kier molecular flexibility index (Phi) is 6.80. The normalized spacial score (nSPS) is 11.1. The fraction of sp³-hybridized carbons (Fsp3) is 0.385. The maximum Gasteiger partial charge on any atom is 0.240 e. The average molecular weight is 333 g/mol. The van der Waals surface area contributed by atoms with Gasteiger partial charge < -0.3 is 10.1 Å². The van der Waals surface area contributed by atoms with E-state index < -0.39 is 10.0 Å². The van der Waals surface area contributed by atoms with Gasteiger partial charge in [-0.05, 0) is 31.2 Å². The topological polar surface area (TPSA) is 92.3 Å². The lowest BCUT2D eigenvalue weighted by molar-refractivity contribution is -0.124. The highest BCUT2D eigenvalue weighted by Gasteiger charge is 2.13. The van der Waals surface area contributed by atoms with E-state index in [1.54, 1.807) is 0 Å². The molecule has 0 aliphatic carbocycles. The van der Waals surface area contributed by atoms with E-state index in [0.29, 0.717) is 5.02 Å². The van der Waals surface area contributed by atoms with Crippen molar-refractivity contribution >= 4 is 33.3 Å². The molecule has 0 aliphatic heterocycles. The zero-order chi connectivity index (χ0) is 15.9. The first-order valence-electron chi connectivity index (χ1n) is 6.32. The van der Waals surface area contributed by atoms with Gasteiger partial charge in [-0.1, -0.05) is 11.6 Å². The second kappa shape index (κ2) is 8.11.